The van der Waals surface area contributed by atoms with Gasteiger partial charge in [0.25, 0.3) is 0 Å². The largest absolute Gasteiger partial charge is 0.497 e. The van der Waals surface area contributed by atoms with E-state index >= 15 is 0 Å². The number of benzene rings is 1. The molecule has 0 aliphatic carbocycles. The lowest BCUT2D eigenvalue weighted by Gasteiger charge is -2.08. The fourth-order valence-electron chi connectivity index (χ4n) is 1.53. The third kappa shape index (κ3) is 1.61. The summed E-state index contributed by atoms with van der Waals surface area (Å²) in [5.41, 5.74) is 0.366. The van der Waals surface area contributed by atoms with Crippen molar-refractivity contribution in [1.29, 1.82) is 0 Å². The smallest absolute Gasteiger partial charge is 0.208 e. The van der Waals surface area contributed by atoms with Crippen molar-refractivity contribution in [1.82, 2.24) is 4.98 Å². The monoisotopic (exact) mass is 239 g/mol. The zero-order valence-corrected chi connectivity index (χ0v) is 9.59. The molecule has 0 saturated heterocycles. The number of halogens is 1. The molecule has 1 aromatic carbocycles. The molecular formula is C11H10ClNO3. The molecule has 0 spiro atoms. The maximum atomic E-state index is 11.8. The lowest BCUT2D eigenvalue weighted by atomic mass is 10.2. The fourth-order valence-corrected chi connectivity index (χ4v) is 1.68. The summed E-state index contributed by atoms with van der Waals surface area (Å²) in [7, 11) is 3.06. The molecule has 0 amide bonds. The van der Waals surface area contributed by atoms with Crippen LogP contribution >= 0.6 is 11.6 Å². The molecule has 2 rings (SSSR count). The Balaban J connectivity index is 2.90. The van der Waals surface area contributed by atoms with Crippen LogP contribution in [0.25, 0.3) is 10.9 Å². The van der Waals surface area contributed by atoms with E-state index in [1.54, 1.807) is 12.1 Å². The predicted molar refractivity (Wildman–Crippen MR) is 62.7 cm³/mol. The minimum atomic E-state index is -0.243. The van der Waals surface area contributed by atoms with Crippen molar-refractivity contribution in [3.8, 4) is 11.5 Å². The summed E-state index contributed by atoms with van der Waals surface area (Å²) in [6.45, 7) is 0. The second kappa shape index (κ2) is 4.06. The molecule has 0 radical (unpaired) electrons. The topological polar surface area (TPSA) is 51.3 Å². The van der Waals surface area contributed by atoms with E-state index in [1.807, 2.05) is 0 Å². The fraction of sp³-hybridized carbons (Fsp3) is 0.182. The minimum Gasteiger partial charge on any atom is -0.497 e. The standard InChI is InChI=1S/C11H10ClNO3/c1-15-6-3-7-10(9(4-6)16-2)13-5-8(12)11(7)14/h3-5H,1-2H3,(H,13,14). The SMILES string of the molecule is COc1cc(OC)c2[nH]cc(Cl)c(=O)c2c1. The molecule has 84 valence electrons. The first-order valence-electron chi connectivity index (χ1n) is 4.60. The third-order valence-corrected chi connectivity index (χ3v) is 2.62. The first-order valence-corrected chi connectivity index (χ1v) is 4.98. The Hall–Kier alpha value is -1.68. The number of ether oxygens (including phenoxy) is 2. The van der Waals surface area contributed by atoms with Crippen LogP contribution in [0.2, 0.25) is 5.02 Å². The summed E-state index contributed by atoms with van der Waals surface area (Å²) in [5.74, 6) is 1.10. The van der Waals surface area contributed by atoms with Gasteiger partial charge in [-0.2, -0.15) is 0 Å². The van der Waals surface area contributed by atoms with E-state index in [4.69, 9.17) is 21.1 Å². The average molecular weight is 240 g/mol. The van der Waals surface area contributed by atoms with E-state index in [9.17, 15) is 4.79 Å². The van der Waals surface area contributed by atoms with Gasteiger partial charge in [0.1, 0.15) is 16.5 Å². The Labute approximate surface area is 96.8 Å². The lowest BCUT2D eigenvalue weighted by Crippen LogP contribution is -2.04. The summed E-state index contributed by atoms with van der Waals surface area (Å²) in [4.78, 5) is 14.7. The molecule has 0 bridgehead atoms. The molecular weight excluding hydrogens is 230 g/mol. The maximum absolute atomic E-state index is 11.8. The van der Waals surface area contributed by atoms with E-state index < -0.39 is 0 Å². The molecule has 1 N–H and O–H groups in total. The van der Waals surface area contributed by atoms with Gasteiger partial charge in [0.15, 0.2) is 0 Å². The number of hydrogen-bond donors (Lipinski definition) is 1. The van der Waals surface area contributed by atoms with Crippen molar-refractivity contribution in [3.05, 3.63) is 33.6 Å². The lowest BCUT2D eigenvalue weighted by molar-refractivity contribution is 0.397. The number of pyridine rings is 1. The second-order valence-corrected chi connectivity index (χ2v) is 3.63. The second-order valence-electron chi connectivity index (χ2n) is 3.22. The number of nitrogens with one attached hydrogen (secondary N) is 1. The molecule has 0 fully saturated rings. The first-order chi connectivity index (χ1) is 7.67. The zero-order chi connectivity index (χ0) is 11.7. The van der Waals surface area contributed by atoms with Gasteiger partial charge in [-0.05, 0) is 6.07 Å². The van der Waals surface area contributed by atoms with Crippen LogP contribution in [0.3, 0.4) is 0 Å². The van der Waals surface area contributed by atoms with Crippen LogP contribution in [0.15, 0.2) is 23.1 Å². The molecule has 0 unspecified atom stereocenters. The Morgan fingerprint density at radius 2 is 2.00 bits per heavy atom. The Kier molecular flexibility index (Phi) is 2.75. The van der Waals surface area contributed by atoms with Gasteiger partial charge < -0.3 is 14.5 Å². The van der Waals surface area contributed by atoms with E-state index in [-0.39, 0.29) is 10.5 Å². The van der Waals surface area contributed by atoms with Crippen molar-refractivity contribution < 1.29 is 9.47 Å². The third-order valence-electron chi connectivity index (χ3n) is 2.34. The van der Waals surface area contributed by atoms with Gasteiger partial charge in [-0.3, -0.25) is 4.79 Å². The number of hydrogen-bond acceptors (Lipinski definition) is 3. The molecule has 0 aliphatic rings. The maximum Gasteiger partial charge on any atom is 0.208 e. The van der Waals surface area contributed by atoms with Crippen LogP contribution in [0.5, 0.6) is 11.5 Å². The Morgan fingerprint density at radius 1 is 1.25 bits per heavy atom. The first kappa shape index (κ1) is 10.8. The van der Waals surface area contributed by atoms with E-state index in [2.05, 4.69) is 4.98 Å². The summed E-state index contributed by atoms with van der Waals surface area (Å²) in [6.07, 6.45) is 1.45. The average Bonchev–Trinajstić information content (AvgIpc) is 2.32. The minimum absolute atomic E-state index is 0.141. The van der Waals surface area contributed by atoms with E-state index in [0.717, 1.165) is 0 Å². The summed E-state index contributed by atoms with van der Waals surface area (Å²) in [6, 6.07) is 3.33. The summed E-state index contributed by atoms with van der Waals surface area (Å²) >= 11 is 5.75. The molecule has 1 aromatic heterocycles. The molecule has 5 heteroatoms. The highest BCUT2D eigenvalue weighted by Gasteiger charge is 2.10. The van der Waals surface area contributed by atoms with E-state index in [0.29, 0.717) is 22.4 Å². The summed E-state index contributed by atoms with van der Waals surface area (Å²) < 4.78 is 10.3. The van der Waals surface area contributed by atoms with Crippen LogP contribution < -0.4 is 14.9 Å². The normalized spacial score (nSPS) is 10.4. The van der Waals surface area contributed by atoms with Crippen molar-refractivity contribution in [2.75, 3.05) is 14.2 Å². The quantitative estimate of drug-likeness (QED) is 0.874. The predicted octanol–water partition coefficient (Wildman–Crippen LogP) is 2.20. The number of fused-ring (bicyclic) bond motifs is 1. The Bertz CT molecular complexity index is 592. The highest BCUT2D eigenvalue weighted by atomic mass is 35.5. The highest BCUT2D eigenvalue weighted by Crippen LogP contribution is 2.28. The van der Waals surface area contributed by atoms with Crippen LogP contribution in [-0.4, -0.2) is 19.2 Å². The van der Waals surface area contributed by atoms with Crippen LogP contribution in [0, 0.1) is 0 Å². The summed E-state index contributed by atoms with van der Waals surface area (Å²) in [5, 5.41) is 0.589. The van der Waals surface area contributed by atoms with Gasteiger partial charge in [-0.15, -0.1) is 0 Å². The molecule has 0 atom stereocenters. The van der Waals surface area contributed by atoms with Crippen molar-refractivity contribution in [2.45, 2.75) is 0 Å². The molecule has 4 nitrogen and oxygen atoms in total. The molecule has 16 heavy (non-hydrogen) atoms. The van der Waals surface area contributed by atoms with Gasteiger partial charge in [0, 0.05) is 12.3 Å². The number of rotatable bonds is 2. The molecule has 1 heterocycles. The Morgan fingerprint density at radius 3 is 2.62 bits per heavy atom. The van der Waals surface area contributed by atoms with Gasteiger partial charge in [0.05, 0.1) is 25.1 Å². The van der Waals surface area contributed by atoms with Crippen LogP contribution in [-0.2, 0) is 0 Å². The number of aromatic amines is 1. The van der Waals surface area contributed by atoms with Crippen molar-refractivity contribution >= 4 is 22.5 Å². The zero-order valence-electron chi connectivity index (χ0n) is 8.83. The van der Waals surface area contributed by atoms with Gasteiger partial charge >= 0.3 is 0 Å². The number of H-pyrrole nitrogens is 1. The van der Waals surface area contributed by atoms with Gasteiger partial charge in [0.2, 0.25) is 5.43 Å². The molecule has 2 aromatic rings. The highest BCUT2D eigenvalue weighted by molar-refractivity contribution is 6.31. The number of methoxy groups -OCH3 is 2. The van der Waals surface area contributed by atoms with Gasteiger partial charge in [-0.25, -0.2) is 0 Å². The van der Waals surface area contributed by atoms with E-state index in [1.165, 1.54) is 20.4 Å². The van der Waals surface area contributed by atoms with Crippen molar-refractivity contribution in [3.63, 3.8) is 0 Å². The van der Waals surface area contributed by atoms with Gasteiger partial charge in [-0.1, -0.05) is 11.6 Å². The molecule has 0 aliphatic heterocycles. The number of aromatic nitrogens is 1. The molecule has 0 saturated carbocycles. The van der Waals surface area contributed by atoms with Crippen LogP contribution in [0.4, 0.5) is 0 Å². The van der Waals surface area contributed by atoms with Crippen molar-refractivity contribution in [2.24, 2.45) is 0 Å². The van der Waals surface area contributed by atoms with Crippen LogP contribution in [0.1, 0.15) is 0 Å².